The second-order valence-electron chi connectivity index (χ2n) is 6.54. The van der Waals surface area contributed by atoms with E-state index in [0.717, 1.165) is 59.8 Å². The number of aryl methyl sites for hydroxylation is 1. The van der Waals surface area contributed by atoms with E-state index in [-0.39, 0.29) is 12.6 Å². The Labute approximate surface area is 143 Å². The molecule has 0 amide bonds. The topological polar surface area (TPSA) is 58.7 Å². The quantitative estimate of drug-likeness (QED) is 0.912. The first kappa shape index (κ1) is 17.0. The molecule has 2 heterocycles. The van der Waals surface area contributed by atoms with Gasteiger partial charge in [-0.1, -0.05) is 0 Å². The highest BCUT2D eigenvalue weighted by Crippen LogP contribution is 2.32. The van der Waals surface area contributed by atoms with Crippen LogP contribution in [0.15, 0.2) is 16.5 Å². The third kappa shape index (κ3) is 3.06. The van der Waals surface area contributed by atoms with Crippen molar-refractivity contribution in [2.24, 2.45) is 0 Å². The number of rotatable bonds is 5. The third-order valence-electron chi connectivity index (χ3n) is 5.14. The van der Waals surface area contributed by atoms with E-state index >= 15 is 0 Å². The monoisotopic (exact) mass is 330 g/mol. The van der Waals surface area contributed by atoms with Crippen molar-refractivity contribution in [2.45, 2.75) is 46.2 Å². The molecule has 0 saturated carbocycles. The molecule has 1 aromatic carbocycles. The first-order valence-electron chi connectivity index (χ1n) is 8.51. The van der Waals surface area contributed by atoms with E-state index in [1.165, 1.54) is 0 Å². The smallest absolute Gasteiger partial charge is 0.226 e. The number of aliphatic hydroxyl groups excluding tert-OH is 1. The van der Waals surface area contributed by atoms with Crippen LogP contribution in [0.4, 0.5) is 0 Å². The zero-order valence-electron chi connectivity index (χ0n) is 14.9. The maximum Gasteiger partial charge on any atom is 0.226 e. The van der Waals surface area contributed by atoms with Crippen LogP contribution in [0.1, 0.15) is 35.4 Å². The summed E-state index contributed by atoms with van der Waals surface area (Å²) in [5.74, 6) is 2.38. The van der Waals surface area contributed by atoms with Gasteiger partial charge < -0.3 is 14.3 Å². The summed E-state index contributed by atoms with van der Waals surface area (Å²) in [6.45, 7) is 8.02. The van der Waals surface area contributed by atoms with E-state index < -0.39 is 0 Å². The average molecular weight is 330 g/mol. The summed E-state index contributed by atoms with van der Waals surface area (Å²) >= 11 is 0. The number of methoxy groups -OCH3 is 1. The second kappa shape index (κ2) is 6.95. The maximum absolute atomic E-state index is 9.49. The molecule has 0 spiro atoms. The minimum Gasteiger partial charge on any atom is -0.496 e. The lowest BCUT2D eigenvalue weighted by atomic mass is 10.0. The highest BCUT2D eigenvalue weighted by molar-refractivity contribution is 5.63. The van der Waals surface area contributed by atoms with Crippen molar-refractivity contribution in [3.8, 4) is 17.2 Å². The minimum atomic E-state index is 0.209. The molecule has 3 rings (SSSR count). The predicted molar refractivity (Wildman–Crippen MR) is 93.2 cm³/mol. The molecular weight excluding hydrogens is 304 g/mol. The molecule has 5 nitrogen and oxygen atoms in total. The molecule has 2 aromatic rings. The summed E-state index contributed by atoms with van der Waals surface area (Å²) in [4.78, 5) is 7.03. The van der Waals surface area contributed by atoms with E-state index in [1.54, 1.807) is 7.11 Å². The van der Waals surface area contributed by atoms with Gasteiger partial charge in [-0.05, 0) is 63.4 Å². The minimum absolute atomic E-state index is 0.209. The van der Waals surface area contributed by atoms with Gasteiger partial charge in [0.05, 0.1) is 19.4 Å². The summed E-state index contributed by atoms with van der Waals surface area (Å²) in [6, 6.07) is 4.20. The largest absolute Gasteiger partial charge is 0.496 e. The molecule has 5 heteroatoms. The van der Waals surface area contributed by atoms with Gasteiger partial charge in [0.2, 0.25) is 5.89 Å². The zero-order chi connectivity index (χ0) is 17.3. The Balaban J connectivity index is 1.88. The Hall–Kier alpha value is -1.85. The zero-order valence-corrected chi connectivity index (χ0v) is 14.9. The van der Waals surface area contributed by atoms with Crippen LogP contribution in [-0.4, -0.2) is 41.3 Å². The number of likely N-dealkylation sites (tertiary alicyclic amines) is 1. The number of hydrogen-bond acceptors (Lipinski definition) is 5. The van der Waals surface area contributed by atoms with E-state index in [9.17, 15) is 5.11 Å². The van der Waals surface area contributed by atoms with Gasteiger partial charge in [-0.25, -0.2) is 4.98 Å². The van der Waals surface area contributed by atoms with Crippen LogP contribution in [0.25, 0.3) is 11.5 Å². The maximum atomic E-state index is 9.49. The van der Waals surface area contributed by atoms with Gasteiger partial charge in [-0.3, -0.25) is 4.90 Å². The molecule has 1 aliphatic heterocycles. The number of aliphatic hydroxyl groups is 1. The van der Waals surface area contributed by atoms with E-state index in [1.807, 2.05) is 26.0 Å². The van der Waals surface area contributed by atoms with Gasteiger partial charge >= 0.3 is 0 Å². The molecule has 1 fully saturated rings. The van der Waals surface area contributed by atoms with Crippen molar-refractivity contribution < 1.29 is 14.3 Å². The van der Waals surface area contributed by atoms with Gasteiger partial charge in [0.15, 0.2) is 0 Å². The summed E-state index contributed by atoms with van der Waals surface area (Å²) in [6.07, 6.45) is 2.18. The number of benzene rings is 1. The number of ether oxygens (including phenoxy) is 1. The fourth-order valence-electron chi connectivity index (χ4n) is 3.44. The van der Waals surface area contributed by atoms with Crippen LogP contribution in [0, 0.1) is 20.8 Å². The van der Waals surface area contributed by atoms with E-state index in [0.29, 0.717) is 5.89 Å². The number of hydrogen-bond donors (Lipinski definition) is 1. The summed E-state index contributed by atoms with van der Waals surface area (Å²) < 4.78 is 11.3. The lowest BCUT2D eigenvalue weighted by molar-refractivity contribution is 0.152. The van der Waals surface area contributed by atoms with Crippen LogP contribution < -0.4 is 4.74 Å². The lowest BCUT2D eigenvalue weighted by Crippen LogP contribution is -2.31. The van der Waals surface area contributed by atoms with Crippen molar-refractivity contribution >= 4 is 0 Å². The summed E-state index contributed by atoms with van der Waals surface area (Å²) in [7, 11) is 1.68. The van der Waals surface area contributed by atoms with Crippen LogP contribution in [0.3, 0.4) is 0 Å². The predicted octanol–water partition coefficient (Wildman–Crippen LogP) is 3.23. The Morgan fingerprint density at radius 3 is 2.79 bits per heavy atom. The standard InChI is InChI=1S/C19H26N2O3/c1-12-13(2)18(23-4)8-7-16(12)19-20-17(14(3)24-19)10-21-9-5-6-15(21)11-22/h7-8,15,22H,5-6,9-11H2,1-4H3. The fourth-order valence-corrected chi connectivity index (χ4v) is 3.44. The molecule has 1 aliphatic rings. The van der Waals surface area contributed by atoms with Gasteiger partial charge in [0.25, 0.3) is 0 Å². The normalized spacial score (nSPS) is 18.3. The summed E-state index contributed by atoms with van der Waals surface area (Å²) in [5.41, 5.74) is 4.19. The fraction of sp³-hybridized carbons (Fsp3) is 0.526. The van der Waals surface area contributed by atoms with Gasteiger partial charge in [0, 0.05) is 18.2 Å². The van der Waals surface area contributed by atoms with Crippen molar-refractivity contribution in [1.29, 1.82) is 0 Å². The molecule has 130 valence electrons. The van der Waals surface area contributed by atoms with E-state index in [2.05, 4.69) is 11.8 Å². The van der Waals surface area contributed by atoms with E-state index in [4.69, 9.17) is 14.1 Å². The van der Waals surface area contributed by atoms with Crippen LogP contribution in [0.2, 0.25) is 0 Å². The molecule has 0 aliphatic carbocycles. The molecule has 24 heavy (non-hydrogen) atoms. The Bertz CT molecular complexity index is 724. The van der Waals surface area contributed by atoms with Crippen molar-refractivity contribution in [3.05, 3.63) is 34.7 Å². The van der Waals surface area contributed by atoms with Crippen molar-refractivity contribution in [3.63, 3.8) is 0 Å². The molecule has 1 unspecified atom stereocenters. The number of nitrogens with zero attached hydrogens (tertiary/aromatic N) is 2. The van der Waals surface area contributed by atoms with Gasteiger partial charge in [0.1, 0.15) is 11.5 Å². The highest BCUT2D eigenvalue weighted by atomic mass is 16.5. The number of aromatic nitrogens is 1. The van der Waals surface area contributed by atoms with Crippen molar-refractivity contribution in [1.82, 2.24) is 9.88 Å². The lowest BCUT2D eigenvalue weighted by Gasteiger charge is -2.21. The molecule has 0 radical (unpaired) electrons. The molecular formula is C19H26N2O3. The van der Waals surface area contributed by atoms with Crippen LogP contribution in [-0.2, 0) is 6.54 Å². The number of oxazole rings is 1. The first-order valence-corrected chi connectivity index (χ1v) is 8.51. The first-order chi connectivity index (χ1) is 11.5. The average Bonchev–Trinajstić information content (AvgIpc) is 3.17. The Kier molecular flexibility index (Phi) is 4.92. The Morgan fingerprint density at radius 2 is 2.08 bits per heavy atom. The van der Waals surface area contributed by atoms with Crippen molar-refractivity contribution in [2.75, 3.05) is 20.3 Å². The molecule has 0 bridgehead atoms. The summed E-state index contributed by atoms with van der Waals surface area (Å²) in [5, 5.41) is 9.49. The molecule has 1 N–H and O–H groups in total. The van der Waals surface area contributed by atoms with Crippen LogP contribution in [0.5, 0.6) is 5.75 Å². The second-order valence-corrected chi connectivity index (χ2v) is 6.54. The molecule has 1 atom stereocenters. The molecule has 1 saturated heterocycles. The third-order valence-corrected chi connectivity index (χ3v) is 5.14. The SMILES string of the molecule is COc1ccc(-c2nc(CN3CCCC3CO)c(C)o2)c(C)c1C. The Morgan fingerprint density at radius 1 is 1.29 bits per heavy atom. The van der Waals surface area contributed by atoms with Crippen LogP contribution >= 0.6 is 0 Å². The molecule has 1 aromatic heterocycles. The van der Waals surface area contributed by atoms with Gasteiger partial charge in [-0.15, -0.1) is 0 Å². The van der Waals surface area contributed by atoms with Gasteiger partial charge in [-0.2, -0.15) is 0 Å². The highest BCUT2D eigenvalue weighted by Gasteiger charge is 2.26.